The van der Waals surface area contributed by atoms with Crippen LogP contribution in [0.3, 0.4) is 0 Å². The average Bonchev–Trinajstić information content (AvgIpc) is 3.59. The van der Waals surface area contributed by atoms with E-state index in [9.17, 15) is 22.8 Å². The zero-order valence-electron chi connectivity index (χ0n) is 21.6. The molecule has 0 saturated carbocycles. The highest BCUT2D eigenvalue weighted by molar-refractivity contribution is 5.90. The van der Waals surface area contributed by atoms with Crippen LogP contribution in [0.1, 0.15) is 18.9 Å². The van der Waals surface area contributed by atoms with Crippen molar-refractivity contribution in [1.29, 1.82) is 0 Å². The molecule has 1 aliphatic heterocycles. The second-order valence-corrected chi connectivity index (χ2v) is 9.42. The number of amides is 3. The summed E-state index contributed by atoms with van der Waals surface area (Å²) in [6.07, 6.45) is 4.19. The number of imidazole rings is 1. The first-order valence-corrected chi connectivity index (χ1v) is 12.6. The fourth-order valence-corrected chi connectivity index (χ4v) is 4.62. The highest BCUT2D eigenvalue weighted by Gasteiger charge is 2.28. The van der Waals surface area contributed by atoms with Gasteiger partial charge >= 0.3 is 12.2 Å². The summed E-state index contributed by atoms with van der Waals surface area (Å²) in [5.41, 5.74) is 3.95. The Balaban J connectivity index is 1.27. The average molecular weight is 557 g/mol. The number of alkyl halides is 3. The zero-order valence-corrected chi connectivity index (χ0v) is 21.6. The van der Waals surface area contributed by atoms with Crippen LogP contribution in [0.4, 0.5) is 23.7 Å². The molecule has 5 rings (SSSR count). The number of carbonyl (C=O) groups is 2. The number of urea groups is 1. The van der Waals surface area contributed by atoms with Gasteiger partial charge in [0, 0.05) is 48.8 Å². The summed E-state index contributed by atoms with van der Waals surface area (Å²) in [7, 11) is 1.51. The van der Waals surface area contributed by atoms with Crippen LogP contribution < -0.4 is 10.6 Å². The molecule has 2 N–H and O–H groups in total. The number of likely N-dealkylation sites (tertiary alicyclic amines) is 1. The van der Waals surface area contributed by atoms with Gasteiger partial charge in [-0.05, 0) is 31.0 Å². The van der Waals surface area contributed by atoms with E-state index >= 15 is 0 Å². The third-order valence-corrected chi connectivity index (χ3v) is 6.62. The summed E-state index contributed by atoms with van der Waals surface area (Å²) < 4.78 is 45.6. The Labute approximate surface area is 226 Å². The minimum Gasteiger partial charge on any atom is -0.375 e. The number of methoxy groups -OCH3 is 1. The number of carbonyl (C=O) groups excluding carboxylic acids is 2. The van der Waals surface area contributed by atoms with E-state index in [1.165, 1.54) is 7.11 Å². The summed E-state index contributed by atoms with van der Waals surface area (Å²) in [5.74, 6) is -0.00466. The van der Waals surface area contributed by atoms with Gasteiger partial charge in [0.25, 0.3) is 0 Å². The van der Waals surface area contributed by atoms with Crippen LogP contribution in [-0.4, -0.2) is 80.7 Å². The van der Waals surface area contributed by atoms with Gasteiger partial charge in [0.05, 0.1) is 30.3 Å². The Morgan fingerprint density at radius 1 is 1.05 bits per heavy atom. The molecule has 11 nitrogen and oxygen atoms in total. The molecule has 0 radical (unpaired) electrons. The molecular weight excluding hydrogens is 529 g/mol. The van der Waals surface area contributed by atoms with Gasteiger partial charge in [-0.2, -0.15) is 23.4 Å². The van der Waals surface area contributed by atoms with E-state index in [2.05, 4.69) is 20.5 Å². The van der Waals surface area contributed by atoms with E-state index in [0.29, 0.717) is 35.7 Å². The number of ether oxygens (including phenoxy) is 1. The summed E-state index contributed by atoms with van der Waals surface area (Å²) in [5, 5.41) is 13.3. The second-order valence-electron chi connectivity index (χ2n) is 9.42. The number of nitrogens with zero attached hydrogens (tertiary/aromatic N) is 6. The van der Waals surface area contributed by atoms with Crippen LogP contribution in [0.15, 0.2) is 55.1 Å². The van der Waals surface area contributed by atoms with Gasteiger partial charge in [-0.25, -0.2) is 14.3 Å². The Morgan fingerprint density at radius 2 is 1.82 bits per heavy atom. The number of halogens is 3. The van der Waals surface area contributed by atoms with Crippen molar-refractivity contribution in [3.05, 3.63) is 55.1 Å². The summed E-state index contributed by atoms with van der Waals surface area (Å²) in [6, 6.07) is 7.78. The van der Waals surface area contributed by atoms with E-state index in [4.69, 9.17) is 4.74 Å². The molecule has 14 heteroatoms. The van der Waals surface area contributed by atoms with E-state index in [1.807, 2.05) is 21.8 Å². The molecule has 4 heterocycles. The largest absolute Gasteiger partial charge is 0.405 e. The number of hydrogen-bond donors (Lipinski definition) is 2. The molecule has 1 fully saturated rings. The molecule has 3 amide bonds. The first-order chi connectivity index (χ1) is 19.2. The van der Waals surface area contributed by atoms with E-state index in [0.717, 1.165) is 24.0 Å². The van der Waals surface area contributed by atoms with Crippen LogP contribution in [0, 0.1) is 0 Å². The van der Waals surface area contributed by atoms with Crippen molar-refractivity contribution in [2.75, 3.05) is 38.7 Å². The van der Waals surface area contributed by atoms with Gasteiger partial charge in [-0.15, -0.1) is 0 Å². The quantitative estimate of drug-likeness (QED) is 0.358. The molecular formula is C26H27F3N8O3. The van der Waals surface area contributed by atoms with Crippen molar-refractivity contribution in [1.82, 2.24) is 34.6 Å². The molecule has 0 aliphatic carbocycles. The Kier molecular flexibility index (Phi) is 7.69. The topological polar surface area (TPSA) is 119 Å². The lowest BCUT2D eigenvalue weighted by molar-refractivity contribution is -0.136. The second kappa shape index (κ2) is 11.3. The van der Waals surface area contributed by atoms with Gasteiger partial charge in [-0.3, -0.25) is 9.48 Å². The van der Waals surface area contributed by atoms with Crippen LogP contribution in [-0.2, 0) is 9.53 Å². The SMILES string of the molecule is COCC(=O)N1CCC(n2cc(-c3cnn4c(-c5cccc(NC(=O)NCC(F)(F)F)c5)cnc4c3)cn2)CC1. The summed E-state index contributed by atoms with van der Waals surface area (Å²) in [6.45, 7) is -0.0266. The lowest BCUT2D eigenvalue weighted by atomic mass is 10.1. The maximum Gasteiger partial charge on any atom is 0.405 e. The monoisotopic (exact) mass is 556 g/mol. The number of hydrogen-bond acceptors (Lipinski definition) is 6. The molecule has 1 aliphatic rings. The Hall–Kier alpha value is -4.46. The van der Waals surface area contributed by atoms with Gasteiger partial charge < -0.3 is 20.3 Å². The molecule has 40 heavy (non-hydrogen) atoms. The first-order valence-electron chi connectivity index (χ1n) is 12.6. The van der Waals surface area contributed by atoms with Crippen molar-refractivity contribution < 1.29 is 27.5 Å². The predicted octanol–water partition coefficient (Wildman–Crippen LogP) is 3.75. The first kappa shape index (κ1) is 27.1. The number of fused-ring (bicyclic) bond motifs is 1. The van der Waals surface area contributed by atoms with Crippen LogP contribution in [0.25, 0.3) is 28.0 Å². The molecule has 3 aromatic heterocycles. The number of piperidine rings is 1. The van der Waals surface area contributed by atoms with E-state index < -0.39 is 18.8 Å². The lowest BCUT2D eigenvalue weighted by Crippen LogP contribution is -2.40. The van der Waals surface area contributed by atoms with Crippen LogP contribution in [0.5, 0.6) is 0 Å². The molecule has 0 spiro atoms. The van der Waals surface area contributed by atoms with Crippen molar-refractivity contribution in [3.8, 4) is 22.4 Å². The van der Waals surface area contributed by atoms with Crippen LogP contribution in [0.2, 0.25) is 0 Å². The Bertz CT molecular complexity index is 1510. The number of anilines is 1. The third kappa shape index (κ3) is 6.22. The van der Waals surface area contributed by atoms with Gasteiger partial charge in [0.15, 0.2) is 5.65 Å². The molecule has 4 aromatic rings. The molecule has 0 unspecified atom stereocenters. The maximum absolute atomic E-state index is 12.4. The molecule has 210 valence electrons. The smallest absolute Gasteiger partial charge is 0.375 e. The summed E-state index contributed by atoms with van der Waals surface area (Å²) in [4.78, 5) is 30.2. The highest BCUT2D eigenvalue weighted by Crippen LogP contribution is 2.28. The minimum atomic E-state index is -4.50. The predicted molar refractivity (Wildman–Crippen MR) is 139 cm³/mol. The fraction of sp³-hybridized carbons (Fsp3) is 0.346. The fourth-order valence-electron chi connectivity index (χ4n) is 4.62. The normalized spacial score (nSPS) is 14.4. The van der Waals surface area contributed by atoms with Crippen molar-refractivity contribution in [2.45, 2.75) is 25.1 Å². The van der Waals surface area contributed by atoms with Gasteiger partial charge in [0.2, 0.25) is 5.91 Å². The van der Waals surface area contributed by atoms with E-state index in [1.54, 1.807) is 52.7 Å². The van der Waals surface area contributed by atoms with Crippen molar-refractivity contribution >= 4 is 23.3 Å². The van der Waals surface area contributed by atoms with Gasteiger partial charge in [0.1, 0.15) is 13.2 Å². The molecule has 1 aromatic carbocycles. The minimum absolute atomic E-state index is 0.00466. The van der Waals surface area contributed by atoms with E-state index in [-0.39, 0.29) is 18.6 Å². The molecule has 0 bridgehead atoms. The standard InChI is InChI=1S/C26H27F3N8O3/c1-40-15-24(38)35-7-5-21(6-8-35)36-14-19(12-32-36)18-10-23-30-13-22(37(23)33-11-18)17-3-2-4-20(9-17)34-25(39)31-16-26(27,28)29/h2-4,9-14,21H,5-8,15-16H2,1H3,(H2,31,34,39). The van der Waals surface area contributed by atoms with Crippen molar-refractivity contribution in [2.24, 2.45) is 0 Å². The van der Waals surface area contributed by atoms with Crippen LogP contribution >= 0.6 is 0 Å². The van der Waals surface area contributed by atoms with Crippen molar-refractivity contribution in [3.63, 3.8) is 0 Å². The number of nitrogens with one attached hydrogen (secondary N) is 2. The summed E-state index contributed by atoms with van der Waals surface area (Å²) >= 11 is 0. The highest BCUT2D eigenvalue weighted by atomic mass is 19.4. The van der Waals surface area contributed by atoms with Gasteiger partial charge in [-0.1, -0.05) is 12.1 Å². The Morgan fingerprint density at radius 3 is 2.58 bits per heavy atom. The zero-order chi connectivity index (χ0) is 28.3. The number of benzene rings is 1. The molecule has 0 atom stereocenters. The number of rotatable bonds is 7. The lowest BCUT2D eigenvalue weighted by Gasteiger charge is -2.32. The third-order valence-electron chi connectivity index (χ3n) is 6.62. The molecule has 1 saturated heterocycles. The maximum atomic E-state index is 12.4. The number of aromatic nitrogens is 5.